The van der Waals surface area contributed by atoms with E-state index in [0.717, 1.165) is 22.9 Å². The zero-order chi connectivity index (χ0) is 18.0. The highest BCUT2D eigenvalue weighted by atomic mass is 79.9. The van der Waals surface area contributed by atoms with E-state index in [4.69, 9.17) is 0 Å². The molecule has 2 aromatic carbocycles. The summed E-state index contributed by atoms with van der Waals surface area (Å²) >= 11 is 3.47. The zero-order valence-electron chi connectivity index (χ0n) is 13.7. The lowest BCUT2D eigenvalue weighted by atomic mass is 10.1. The fourth-order valence-corrected chi connectivity index (χ4v) is 4.46. The summed E-state index contributed by atoms with van der Waals surface area (Å²) in [6, 6.07) is 13.6. The predicted octanol–water partition coefficient (Wildman–Crippen LogP) is 3.38. The fourth-order valence-electron chi connectivity index (χ4n) is 2.48. The molecule has 5 nitrogen and oxygen atoms in total. The van der Waals surface area contributed by atoms with Crippen LogP contribution in [-0.2, 0) is 10.0 Å². The van der Waals surface area contributed by atoms with E-state index < -0.39 is 10.0 Å². The molecule has 2 N–H and O–H groups in total. The molecule has 1 amide bonds. The molecule has 0 radical (unpaired) electrons. The maximum Gasteiger partial charge on any atom is 0.251 e. The van der Waals surface area contributed by atoms with Gasteiger partial charge in [-0.1, -0.05) is 40.2 Å². The number of halogens is 1. The molecule has 1 unspecified atom stereocenters. The molecule has 0 bridgehead atoms. The van der Waals surface area contributed by atoms with Crippen LogP contribution in [0.4, 0.5) is 0 Å². The molecular formula is C18H19BrN2O3S. The molecule has 1 atom stereocenters. The van der Waals surface area contributed by atoms with Crippen LogP contribution in [0.5, 0.6) is 0 Å². The number of carbonyl (C=O) groups is 1. The molecule has 25 heavy (non-hydrogen) atoms. The second kappa shape index (κ2) is 7.27. The summed E-state index contributed by atoms with van der Waals surface area (Å²) in [6.45, 7) is 1.88. The Morgan fingerprint density at radius 2 is 1.88 bits per heavy atom. The normalized spacial score (nSPS) is 15.6. The van der Waals surface area contributed by atoms with Gasteiger partial charge in [-0.15, -0.1) is 0 Å². The molecule has 2 aromatic rings. The molecular weight excluding hydrogens is 404 g/mol. The predicted molar refractivity (Wildman–Crippen MR) is 99.8 cm³/mol. The van der Waals surface area contributed by atoms with E-state index in [1.165, 1.54) is 12.1 Å². The molecule has 0 aliphatic heterocycles. The van der Waals surface area contributed by atoms with Gasteiger partial charge in [0, 0.05) is 16.1 Å². The number of nitrogens with one attached hydrogen (secondary N) is 2. The van der Waals surface area contributed by atoms with Crippen molar-refractivity contribution in [2.45, 2.75) is 36.7 Å². The summed E-state index contributed by atoms with van der Waals surface area (Å²) in [7, 11) is -3.58. The second-order valence-corrected chi connectivity index (χ2v) is 8.71. The maximum atomic E-state index is 12.5. The van der Waals surface area contributed by atoms with E-state index in [9.17, 15) is 13.2 Å². The number of sulfonamides is 1. The van der Waals surface area contributed by atoms with Gasteiger partial charge in [-0.3, -0.25) is 4.79 Å². The first-order valence-electron chi connectivity index (χ1n) is 8.04. The lowest BCUT2D eigenvalue weighted by Gasteiger charge is -2.16. The van der Waals surface area contributed by atoms with Crippen LogP contribution in [-0.4, -0.2) is 20.4 Å². The van der Waals surface area contributed by atoms with Crippen molar-refractivity contribution >= 4 is 31.9 Å². The number of carbonyl (C=O) groups excluding carboxylic acids is 1. The van der Waals surface area contributed by atoms with Crippen molar-refractivity contribution < 1.29 is 13.2 Å². The molecule has 0 spiro atoms. The Balaban J connectivity index is 1.76. The summed E-state index contributed by atoms with van der Waals surface area (Å²) in [5, 5.41) is 2.90. The number of hydrogen-bond acceptors (Lipinski definition) is 3. The van der Waals surface area contributed by atoms with Gasteiger partial charge in [-0.2, -0.15) is 0 Å². The summed E-state index contributed by atoms with van der Waals surface area (Å²) in [4.78, 5) is 12.6. The first kappa shape index (κ1) is 18.1. The van der Waals surface area contributed by atoms with E-state index in [-0.39, 0.29) is 22.9 Å². The number of amides is 1. The number of rotatable bonds is 6. The van der Waals surface area contributed by atoms with Crippen LogP contribution < -0.4 is 10.0 Å². The van der Waals surface area contributed by atoms with E-state index in [2.05, 4.69) is 26.0 Å². The second-order valence-electron chi connectivity index (χ2n) is 6.14. The molecule has 3 rings (SSSR count). The summed E-state index contributed by atoms with van der Waals surface area (Å²) in [6.07, 6.45) is 1.73. The van der Waals surface area contributed by atoms with Gasteiger partial charge >= 0.3 is 0 Å². The molecule has 1 fully saturated rings. The minimum atomic E-state index is -3.58. The fraction of sp³-hybridized carbons (Fsp3) is 0.278. The molecule has 1 saturated carbocycles. The molecule has 0 heterocycles. The van der Waals surface area contributed by atoms with Crippen molar-refractivity contribution in [2.24, 2.45) is 0 Å². The van der Waals surface area contributed by atoms with Crippen LogP contribution in [0.25, 0.3) is 0 Å². The van der Waals surface area contributed by atoms with Crippen LogP contribution >= 0.6 is 15.9 Å². The summed E-state index contributed by atoms with van der Waals surface area (Å²) in [5.41, 5.74) is 1.27. The van der Waals surface area contributed by atoms with Gasteiger partial charge in [0.05, 0.1) is 10.9 Å². The van der Waals surface area contributed by atoms with Gasteiger partial charge in [-0.05, 0) is 49.6 Å². The smallest absolute Gasteiger partial charge is 0.251 e. The number of benzene rings is 2. The Hall–Kier alpha value is -1.70. The van der Waals surface area contributed by atoms with E-state index in [0.29, 0.717) is 5.56 Å². The van der Waals surface area contributed by atoms with E-state index >= 15 is 0 Å². The van der Waals surface area contributed by atoms with Gasteiger partial charge < -0.3 is 5.32 Å². The van der Waals surface area contributed by atoms with Gasteiger partial charge in [0.2, 0.25) is 10.0 Å². The molecule has 132 valence electrons. The molecule has 1 aliphatic carbocycles. The van der Waals surface area contributed by atoms with Crippen molar-refractivity contribution in [1.29, 1.82) is 0 Å². The van der Waals surface area contributed by atoms with Gasteiger partial charge in [0.25, 0.3) is 5.91 Å². The highest BCUT2D eigenvalue weighted by molar-refractivity contribution is 9.10. The van der Waals surface area contributed by atoms with E-state index in [1.54, 1.807) is 12.1 Å². The zero-order valence-corrected chi connectivity index (χ0v) is 16.1. The Kier molecular flexibility index (Phi) is 5.27. The lowest BCUT2D eigenvalue weighted by molar-refractivity contribution is 0.0939. The van der Waals surface area contributed by atoms with Crippen LogP contribution in [0.2, 0.25) is 0 Å². The third-order valence-corrected chi connectivity index (χ3v) is 6.27. The molecule has 0 saturated heterocycles. The third kappa shape index (κ3) is 4.48. The average Bonchev–Trinajstić information content (AvgIpc) is 3.38. The quantitative estimate of drug-likeness (QED) is 0.748. The Morgan fingerprint density at radius 3 is 2.56 bits per heavy atom. The third-order valence-electron chi connectivity index (χ3n) is 4.03. The Bertz CT molecular complexity index is 895. The molecule has 1 aliphatic rings. The first-order valence-corrected chi connectivity index (χ1v) is 10.3. The summed E-state index contributed by atoms with van der Waals surface area (Å²) < 4.78 is 28.1. The standard InChI is InChI=1S/C18H19BrN2O3S/c1-12(16-7-2-3-8-17(16)19)20-18(22)13-5-4-6-15(11-13)25(23,24)21-14-9-10-14/h2-8,11-12,14,21H,9-10H2,1H3,(H,20,22). The minimum Gasteiger partial charge on any atom is -0.345 e. The first-order chi connectivity index (χ1) is 11.9. The highest BCUT2D eigenvalue weighted by Gasteiger charge is 2.28. The van der Waals surface area contributed by atoms with Crippen LogP contribution in [0.15, 0.2) is 57.9 Å². The highest BCUT2D eigenvalue weighted by Crippen LogP contribution is 2.24. The van der Waals surface area contributed by atoms with Crippen molar-refractivity contribution in [3.05, 3.63) is 64.1 Å². The topological polar surface area (TPSA) is 75.3 Å². The van der Waals surface area contributed by atoms with E-state index in [1.807, 2.05) is 31.2 Å². The van der Waals surface area contributed by atoms with Gasteiger partial charge in [0.15, 0.2) is 0 Å². The van der Waals surface area contributed by atoms with Gasteiger partial charge in [-0.25, -0.2) is 13.1 Å². The van der Waals surface area contributed by atoms with Crippen molar-refractivity contribution in [3.63, 3.8) is 0 Å². The van der Waals surface area contributed by atoms with Crippen LogP contribution in [0.1, 0.15) is 41.7 Å². The molecule has 7 heteroatoms. The van der Waals surface area contributed by atoms with Crippen LogP contribution in [0.3, 0.4) is 0 Å². The SMILES string of the molecule is CC(NC(=O)c1cccc(S(=O)(=O)NC2CC2)c1)c1ccccc1Br. The van der Waals surface area contributed by atoms with Gasteiger partial charge in [0.1, 0.15) is 0 Å². The van der Waals surface area contributed by atoms with Crippen LogP contribution in [0, 0.1) is 0 Å². The maximum absolute atomic E-state index is 12.5. The van der Waals surface area contributed by atoms with Crippen molar-refractivity contribution in [3.8, 4) is 0 Å². The van der Waals surface area contributed by atoms with Crippen molar-refractivity contribution in [2.75, 3.05) is 0 Å². The summed E-state index contributed by atoms with van der Waals surface area (Å²) in [5.74, 6) is -0.313. The Labute approximate surface area is 156 Å². The van der Waals surface area contributed by atoms with Crippen molar-refractivity contribution in [1.82, 2.24) is 10.0 Å². The lowest BCUT2D eigenvalue weighted by Crippen LogP contribution is -2.28. The number of hydrogen-bond donors (Lipinski definition) is 2. The monoisotopic (exact) mass is 422 g/mol. The largest absolute Gasteiger partial charge is 0.345 e. The Morgan fingerprint density at radius 1 is 1.16 bits per heavy atom. The average molecular weight is 423 g/mol. The minimum absolute atomic E-state index is 0.0259. The molecule has 0 aromatic heterocycles.